The van der Waals surface area contributed by atoms with Gasteiger partial charge in [-0.25, -0.2) is 0 Å². The summed E-state index contributed by atoms with van der Waals surface area (Å²) in [6.07, 6.45) is -4.62. The number of alkyl halides is 3. The van der Waals surface area contributed by atoms with Crippen LogP contribution in [0.1, 0.15) is 0 Å². The quantitative estimate of drug-likeness (QED) is 0.566. The highest BCUT2D eigenvalue weighted by molar-refractivity contribution is 6.70. The molecular formula is C10H21F3O3Si2. The van der Waals surface area contributed by atoms with Crippen LogP contribution in [0.15, 0.2) is 11.7 Å². The molecule has 0 atom stereocenters. The van der Waals surface area contributed by atoms with Gasteiger partial charge in [-0.1, -0.05) is 0 Å². The summed E-state index contributed by atoms with van der Waals surface area (Å²) in [5, 5.41) is 0. The summed E-state index contributed by atoms with van der Waals surface area (Å²) in [6.45, 7) is 10.3. The molecule has 0 aromatic heterocycles. The van der Waals surface area contributed by atoms with Crippen LogP contribution < -0.4 is 0 Å². The van der Waals surface area contributed by atoms with E-state index in [1.165, 1.54) is 0 Å². The van der Waals surface area contributed by atoms with Crippen LogP contribution in [0, 0.1) is 0 Å². The first-order valence-electron chi connectivity index (χ1n) is 5.50. The largest absolute Gasteiger partial charge is 0.536 e. The number of ether oxygens (including phenoxy) is 1. The van der Waals surface area contributed by atoms with E-state index in [2.05, 4.69) is 0 Å². The normalized spacial score (nSPS) is 15.0. The van der Waals surface area contributed by atoms with Crippen molar-refractivity contribution in [1.29, 1.82) is 0 Å². The van der Waals surface area contributed by atoms with Crippen molar-refractivity contribution in [3.63, 3.8) is 0 Å². The lowest BCUT2D eigenvalue weighted by Crippen LogP contribution is -2.34. The fourth-order valence-electron chi connectivity index (χ4n) is 0.980. The fourth-order valence-corrected chi connectivity index (χ4v) is 2.52. The summed E-state index contributed by atoms with van der Waals surface area (Å²) in [7, 11) is -3.46. The number of halogens is 3. The van der Waals surface area contributed by atoms with Gasteiger partial charge in [0.05, 0.1) is 7.11 Å². The number of allylic oxidation sites excluding steroid dienone is 1. The zero-order valence-electron chi connectivity index (χ0n) is 11.9. The molecule has 0 aliphatic heterocycles. The molecule has 0 aliphatic carbocycles. The Labute approximate surface area is 108 Å². The minimum absolute atomic E-state index is 0.566. The van der Waals surface area contributed by atoms with E-state index in [4.69, 9.17) is 13.6 Å². The van der Waals surface area contributed by atoms with E-state index in [-0.39, 0.29) is 0 Å². The molecule has 0 spiro atoms. The molecule has 0 aliphatic rings. The molecule has 0 aromatic rings. The van der Waals surface area contributed by atoms with E-state index in [0.29, 0.717) is 0 Å². The van der Waals surface area contributed by atoms with Crippen LogP contribution in [0.25, 0.3) is 0 Å². The molecule has 0 bridgehead atoms. The zero-order valence-corrected chi connectivity index (χ0v) is 13.9. The molecule has 108 valence electrons. The molecule has 18 heavy (non-hydrogen) atoms. The second kappa shape index (κ2) is 5.56. The Morgan fingerprint density at radius 1 is 0.833 bits per heavy atom. The first-order chi connectivity index (χ1) is 7.76. The van der Waals surface area contributed by atoms with E-state index < -0.39 is 34.5 Å². The van der Waals surface area contributed by atoms with Gasteiger partial charge < -0.3 is 13.6 Å². The second-order valence-electron chi connectivity index (χ2n) is 5.75. The Balaban J connectivity index is 5.48. The summed E-state index contributed by atoms with van der Waals surface area (Å²) in [6, 6.07) is 0. The topological polar surface area (TPSA) is 27.7 Å². The standard InChI is InChI=1S/C10H21F3O3Si2/c1-14-9(16-18(5,6)7)8(10(11,12)13)15-17(2,3)4/h1-7H3/b9-8+. The molecule has 8 heteroatoms. The third-order valence-electron chi connectivity index (χ3n) is 1.44. The van der Waals surface area contributed by atoms with Crippen LogP contribution in [0.3, 0.4) is 0 Å². The first-order valence-corrected chi connectivity index (χ1v) is 12.3. The molecule has 3 nitrogen and oxygen atoms in total. The van der Waals surface area contributed by atoms with Crippen LogP contribution in [0.4, 0.5) is 13.2 Å². The molecule has 0 heterocycles. The van der Waals surface area contributed by atoms with Crippen LogP contribution in [0.2, 0.25) is 39.3 Å². The van der Waals surface area contributed by atoms with Gasteiger partial charge in [0.1, 0.15) is 0 Å². The highest BCUT2D eigenvalue weighted by Gasteiger charge is 2.44. The monoisotopic (exact) mass is 302 g/mol. The molecule has 0 unspecified atom stereocenters. The van der Waals surface area contributed by atoms with Gasteiger partial charge in [0.2, 0.25) is 16.6 Å². The van der Waals surface area contributed by atoms with Crippen LogP contribution in [-0.2, 0) is 13.6 Å². The van der Waals surface area contributed by atoms with Crippen molar-refractivity contribution in [1.82, 2.24) is 0 Å². The summed E-state index contributed by atoms with van der Waals surface area (Å²) in [4.78, 5) is 0. The van der Waals surface area contributed by atoms with Crippen molar-refractivity contribution < 1.29 is 26.8 Å². The maximum atomic E-state index is 13.0. The Bertz CT molecular complexity index is 314. The zero-order chi connectivity index (χ0) is 14.8. The Morgan fingerprint density at radius 3 is 1.44 bits per heavy atom. The smallest absolute Gasteiger partial charge is 0.454 e. The van der Waals surface area contributed by atoms with Gasteiger partial charge in [-0.3, -0.25) is 0 Å². The van der Waals surface area contributed by atoms with Crippen LogP contribution >= 0.6 is 0 Å². The molecular weight excluding hydrogens is 281 g/mol. The first kappa shape index (κ1) is 17.4. The third-order valence-corrected chi connectivity index (χ3v) is 3.05. The molecule has 0 saturated carbocycles. The molecule has 0 aromatic carbocycles. The van der Waals surface area contributed by atoms with Crippen molar-refractivity contribution in [2.24, 2.45) is 0 Å². The number of rotatable bonds is 5. The van der Waals surface area contributed by atoms with E-state index in [0.717, 1.165) is 7.11 Å². The summed E-state index contributed by atoms with van der Waals surface area (Å²) in [5.41, 5.74) is 0. The SMILES string of the molecule is CO/C(O[Si](C)(C)C)=C(\O[Si](C)(C)C)C(F)(F)F. The predicted molar refractivity (Wildman–Crippen MR) is 69.0 cm³/mol. The molecule has 0 N–H and O–H groups in total. The van der Waals surface area contributed by atoms with Gasteiger partial charge in [-0.05, 0) is 39.3 Å². The van der Waals surface area contributed by atoms with Crippen LogP contribution in [0.5, 0.6) is 0 Å². The number of hydrogen-bond acceptors (Lipinski definition) is 3. The van der Waals surface area contributed by atoms with Crippen LogP contribution in [-0.4, -0.2) is 29.9 Å². The van der Waals surface area contributed by atoms with Gasteiger partial charge in [-0.15, -0.1) is 0 Å². The molecule has 0 amide bonds. The minimum atomic E-state index is -4.62. The Morgan fingerprint density at radius 2 is 1.22 bits per heavy atom. The molecule has 0 radical (unpaired) electrons. The van der Waals surface area contributed by atoms with Crippen molar-refractivity contribution in [2.75, 3.05) is 7.11 Å². The average Bonchev–Trinajstić information content (AvgIpc) is 2.06. The summed E-state index contributed by atoms with van der Waals surface area (Å²) < 4.78 is 54.0. The summed E-state index contributed by atoms with van der Waals surface area (Å²) in [5.74, 6) is -1.73. The highest BCUT2D eigenvalue weighted by atomic mass is 28.4. The van der Waals surface area contributed by atoms with E-state index in [1.54, 1.807) is 39.3 Å². The Kier molecular flexibility index (Phi) is 5.36. The highest BCUT2D eigenvalue weighted by Crippen LogP contribution is 2.33. The van der Waals surface area contributed by atoms with Gasteiger partial charge in [0.15, 0.2) is 0 Å². The maximum absolute atomic E-state index is 13.0. The second-order valence-corrected chi connectivity index (χ2v) is 14.6. The van der Waals surface area contributed by atoms with E-state index >= 15 is 0 Å². The molecule has 0 rings (SSSR count). The van der Waals surface area contributed by atoms with Crippen molar-refractivity contribution in [2.45, 2.75) is 45.5 Å². The lowest BCUT2D eigenvalue weighted by Gasteiger charge is -2.27. The van der Waals surface area contributed by atoms with E-state index in [1.807, 2.05) is 0 Å². The average molecular weight is 302 g/mol. The van der Waals surface area contributed by atoms with Crippen molar-refractivity contribution in [3.05, 3.63) is 11.7 Å². The van der Waals surface area contributed by atoms with Crippen molar-refractivity contribution in [3.8, 4) is 0 Å². The minimum Gasteiger partial charge on any atom is -0.536 e. The van der Waals surface area contributed by atoms with Gasteiger partial charge in [-0.2, -0.15) is 13.2 Å². The molecule has 0 saturated heterocycles. The number of hydrogen-bond donors (Lipinski definition) is 0. The van der Waals surface area contributed by atoms with Gasteiger partial charge >= 0.3 is 12.1 Å². The Hall–Kier alpha value is -0.636. The maximum Gasteiger partial charge on any atom is 0.454 e. The predicted octanol–water partition coefficient (Wildman–Crippen LogP) is 4.07. The van der Waals surface area contributed by atoms with E-state index in [9.17, 15) is 13.2 Å². The lowest BCUT2D eigenvalue weighted by molar-refractivity contribution is -0.127. The fraction of sp³-hybridized carbons (Fsp3) is 0.800. The molecule has 0 fully saturated rings. The van der Waals surface area contributed by atoms with Gasteiger partial charge in [0.25, 0.3) is 5.76 Å². The third kappa shape index (κ3) is 6.95. The lowest BCUT2D eigenvalue weighted by atomic mass is 10.5. The van der Waals surface area contributed by atoms with Gasteiger partial charge in [0, 0.05) is 0 Å². The number of methoxy groups -OCH3 is 1. The van der Waals surface area contributed by atoms with Crippen molar-refractivity contribution >= 4 is 16.6 Å². The summed E-state index contributed by atoms with van der Waals surface area (Å²) >= 11 is 0.